The molecule has 0 saturated heterocycles. The molecule has 0 radical (unpaired) electrons. The van der Waals surface area contributed by atoms with Gasteiger partial charge in [-0.1, -0.05) is 54.8 Å². The largest absolute Gasteiger partial charge is 0.481 e. The van der Waals surface area contributed by atoms with Crippen molar-refractivity contribution in [2.45, 2.75) is 111 Å². The molecule has 0 aliphatic carbocycles. The first kappa shape index (κ1) is 85.2. The highest BCUT2D eigenvalue weighted by Crippen LogP contribution is 2.16. The summed E-state index contributed by atoms with van der Waals surface area (Å²) in [5.74, 6) is -3.65. The molecule has 3 amide bonds. The number of carboxylic acids is 1. The highest BCUT2D eigenvalue weighted by molar-refractivity contribution is 8.26. The monoisotopic (exact) mass is 1400 g/mol. The lowest BCUT2D eigenvalue weighted by Gasteiger charge is -2.19. The number of nitrogens with two attached hydrogens (primary N) is 2. The van der Waals surface area contributed by atoms with E-state index in [4.69, 9.17) is 71.1 Å². The van der Waals surface area contributed by atoms with E-state index in [9.17, 15) is 72.7 Å². The molecule has 0 unspecified atom stereocenters. The molecule has 0 aliphatic heterocycles. The molecule has 0 aromatic heterocycles. The molecule has 5 aromatic rings. The number of hydrazine groups is 1. The Bertz CT molecular complexity index is 3070. The molecule has 0 fully saturated rings. The van der Waals surface area contributed by atoms with Crippen molar-refractivity contribution in [2.75, 3.05) is 19.6 Å². The number of ketones is 1. The lowest BCUT2D eigenvalue weighted by atomic mass is 10.1. The molecule has 8 N–H and O–H groups in total. The van der Waals surface area contributed by atoms with Crippen LogP contribution in [0, 0.1) is 58.2 Å². The van der Waals surface area contributed by atoms with Gasteiger partial charge in [0.05, 0.1) is 19.5 Å². The first-order valence-corrected chi connectivity index (χ1v) is 29.6. The molecule has 0 aliphatic rings. The Kier molecular flexibility index (Phi) is 40.7. The summed E-state index contributed by atoms with van der Waals surface area (Å²) in [6.45, 7) is 15.7. The number of nitrogens with one attached hydrogen (secondary N) is 3. The van der Waals surface area contributed by atoms with E-state index in [1.165, 1.54) is 36.4 Å². The number of amides is 3. The van der Waals surface area contributed by atoms with Crippen molar-refractivity contribution >= 4 is 112 Å². The van der Waals surface area contributed by atoms with E-state index in [2.05, 4.69) is 32.0 Å². The summed E-state index contributed by atoms with van der Waals surface area (Å²) in [5.41, 5.74) is 6.27. The van der Waals surface area contributed by atoms with Crippen LogP contribution in [0.1, 0.15) is 90.1 Å². The average Bonchev–Trinajstić information content (AvgIpc) is 3.54. The van der Waals surface area contributed by atoms with Crippen molar-refractivity contribution in [3.05, 3.63) is 177 Å². The number of thiocarbonyl (C=S) groups is 2. The Morgan fingerprint density at radius 3 is 1.00 bits per heavy atom. The molecule has 498 valence electrons. The number of carboxylic acid groups (broad SMARTS) is 1. The first-order chi connectivity index (χ1) is 41.3. The molecule has 32 heteroatoms. The van der Waals surface area contributed by atoms with Gasteiger partial charge in [-0.2, -0.15) is 0 Å². The maximum absolute atomic E-state index is 13.4. The minimum atomic E-state index is -1.67. The Hall–Kier alpha value is -6.86. The van der Waals surface area contributed by atoms with Crippen LogP contribution in [0.15, 0.2) is 91.0 Å². The van der Waals surface area contributed by atoms with Gasteiger partial charge in [0.15, 0.2) is 5.78 Å². The zero-order valence-corrected chi connectivity index (χ0v) is 54.4. The Labute approximate surface area is 540 Å². The number of ether oxygens (including phenoxy) is 3. The van der Waals surface area contributed by atoms with Gasteiger partial charge in [0.25, 0.3) is 0 Å². The minimum absolute atomic E-state index is 0.0103. The Morgan fingerprint density at radius 2 is 0.744 bits per heavy atom. The van der Waals surface area contributed by atoms with Crippen molar-refractivity contribution in [1.29, 1.82) is 0 Å². The first-order valence-electron chi connectivity index (χ1n) is 25.6. The van der Waals surface area contributed by atoms with Gasteiger partial charge >= 0.3 is 24.2 Å². The highest BCUT2D eigenvalue weighted by Gasteiger charge is 2.19. The summed E-state index contributed by atoms with van der Waals surface area (Å²) < 4.78 is 152. The summed E-state index contributed by atoms with van der Waals surface area (Å²) in [5, 5.41) is 12.4. The smallest absolute Gasteiger partial charge is 0.421 e. The molecule has 16 nitrogen and oxygen atoms in total. The quantitative estimate of drug-likeness (QED) is 0.0108. The number of carbonyl (C=O) groups is 6. The summed E-state index contributed by atoms with van der Waals surface area (Å²) in [6.07, 6.45) is -2.33. The van der Waals surface area contributed by atoms with E-state index in [0.717, 1.165) is 42.5 Å². The molecule has 0 atom stereocenters. The molecule has 90 heavy (non-hydrogen) atoms. The molecular weight excluding hydrogens is 1340 g/mol. The Morgan fingerprint density at radius 1 is 0.478 bits per heavy atom. The second-order valence-corrected chi connectivity index (χ2v) is 24.8. The summed E-state index contributed by atoms with van der Waals surface area (Å²) >= 11 is 14.9. The predicted octanol–water partition coefficient (Wildman–Crippen LogP) is 13.1. The van der Waals surface area contributed by atoms with Crippen LogP contribution >= 0.6 is 57.4 Å². The van der Waals surface area contributed by atoms with Gasteiger partial charge in [-0.15, -0.1) is 0 Å². The standard InChI is InChI=1S/C14H17F2NO3.C14H17F2NO2S.C9H9F2NS.C8H5ClF2O.C8H6F2O2.C5H12N2O2.Cl2OS/c1-14(2,3)20-13(19)17-8-11(18)6-9-4-5-10(15)7-12(9)16;1-14(2,3)19-13(18)17-8-11(20)6-9-4-5-10(15)7-12(9)16;10-7-2-1-6(9(11)4-7)3-8(13)5-12;9-8(12)3-5-1-2-6(10)4-7(5)11;9-6-2-1-5(3-8(11)12)7(10)4-6;1-5(2,3)9-4(8)7-6;1-4(2)3/h4-5,7H,6,8H2,1-3H3,(H,17,19);4-5,7H,6,8H2,1-3H3,(H,17,18);1-2,4H,3,5,12H2;1-2,4H,3H2;1-2,4H,3H2,(H,11,12);6H2,1-3H3,(H,7,8);. The lowest BCUT2D eigenvalue weighted by Crippen LogP contribution is -2.36. The van der Waals surface area contributed by atoms with Crippen LogP contribution in [0.5, 0.6) is 0 Å². The molecule has 0 bridgehead atoms. The maximum atomic E-state index is 13.4. The number of carbonyl (C=O) groups excluding carboxylic acids is 5. The van der Waals surface area contributed by atoms with E-state index in [1.807, 2.05) is 5.43 Å². The molecule has 0 heterocycles. The zero-order valence-electron chi connectivity index (χ0n) is 49.6. The molecule has 5 rings (SSSR count). The van der Waals surface area contributed by atoms with E-state index in [0.29, 0.717) is 33.0 Å². The summed E-state index contributed by atoms with van der Waals surface area (Å²) in [7, 11) is 7.36. The summed E-state index contributed by atoms with van der Waals surface area (Å²) in [4.78, 5) is 66.2. The van der Waals surface area contributed by atoms with E-state index in [1.54, 1.807) is 62.3 Å². The van der Waals surface area contributed by atoms with Crippen LogP contribution < -0.4 is 27.6 Å². The van der Waals surface area contributed by atoms with Gasteiger partial charge in [-0.25, -0.2) is 68.3 Å². The average molecular weight is 1400 g/mol. The molecule has 5 aromatic carbocycles. The topological polar surface area (TPSA) is 256 Å². The predicted molar refractivity (Wildman–Crippen MR) is 330 cm³/mol. The molecule has 0 saturated carbocycles. The molecular formula is C58H66Cl3F10N5O11S3. The number of hydrogen-bond donors (Lipinski definition) is 6. The van der Waals surface area contributed by atoms with Crippen LogP contribution in [-0.2, 0) is 69.9 Å². The van der Waals surface area contributed by atoms with E-state index in [-0.39, 0.29) is 62.0 Å². The van der Waals surface area contributed by atoms with E-state index < -0.39 is 126 Å². The fraction of sp³-hybridized carbons (Fsp3) is 0.345. The fourth-order valence-corrected chi connectivity index (χ4v) is 6.28. The second kappa shape index (κ2) is 43.0. The number of rotatable bonds is 15. The van der Waals surface area contributed by atoms with Crippen molar-refractivity contribution < 1.29 is 96.2 Å². The van der Waals surface area contributed by atoms with Crippen LogP contribution in [0.2, 0.25) is 0 Å². The third kappa shape index (κ3) is 45.4. The van der Waals surface area contributed by atoms with Crippen LogP contribution in [0.3, 0.4) is 0 Å². The van der Waals surface area contributed by atoms with Gasteiger partial charge in [0, 0.05) is 93.7 Å². The number of benzene rings is 5. The minimum Gasteiger partial charge on any atom is -0.481 e. The number of halogens is 13. The normalized spacial score (nSPS) is 10.5. The number of Topliss-reactive ketones (excluding diaryl/α,β-unsaturated/α-hetero) is 1. The van der Waals surface area contributed by atoms with E-state index >= 15 is 0 Å². The SMILES string of the molecule is CC(C)(C)OC(=O)NCC(=O)Cc1ccc(F)cc1F.CC(C)(C)OC(=O)NCC(=S)Cc1ccc(F)cc1F.CC(C)(C)OC(=O)NN.NCC(=S)Cc1ccc(F)cc1F.O=C(Cl)Cc1ccc(F)cc1F.O=C(O)Cc1ccc(F)cc1F.O=S(Cl)Cl. The van der Waals surface area contributed by atoms with Gasteiger partial charge < -0.3 is 35.7 Å². The number of aliphatic carboxylic acids is 1. The highest BCUT2D eigenvalue weighted by atomic mass is 36.0. The van der Waals surface area contributed by atoms with Gasteiger partial charge in [-0.3, -0.25) is 19.8 Å². The lowest BCUT2D eigenvalue weighted by molar-refractivity contribution is -0.136. The maximum Gasteiger partial charge on any atom is 0.421 e. The Balaban J connectivity index is 0. The van der Waals surface area contributed by atoms with Crippen LogP contribution in [0.4, 0.5) is 58.3 Å². The van der Waals surface area contributed by atoms with Crippen molar-refractivity contribution in [2.24, 2.45) is 11.6 Å². The third-order valence-corrected chi connectivity index (χ3v) is 10.0. The number of hydrogen-bond acceptors (Lipinski definition) is 14. The fourth-order valence-electron chi connectivity index (χ4n) is 5.75. The molecule has 0 spiro atoms. The van der Waals surface area contributed by atoms with Gasteiger partial charge in [0.2, 0.25) is 14.5 Å². The van der Waals surface area contributed by atoms with Crippen molar-refractivity contribution in [3.8, 4) is 0 Å². The zero-order chi connectivity index (χ0) is 69.9. The summed E-state index contributed by atoms with van der Waals surface area (Å²) in [6, 6.07) is 15.5. The van der Waals surface area contributed by atoms with Gasteiger partial charge in [0.1, 0.15) is 75.0 Å². The van der Waals surface area contributed by atoms with Crippen LogP contribution in [-0.4, -0.2) is 90.8 Å². The van der Waals surface area contributed by atoms with Crippen LogP contribution in [0.25, 0.3) is 0 Å². The van der Waals surface area contributed by atoms with Gasteiger partial charge in [-0.05, 0) is 132 Å². The van der Waals surface area contributed by atoms with Crippen molar-refractivity contribution in [3.63, 3.8) is 0 Å². The number of alkyl carbamates (subject to hydrolysis) is 2. The second-order valence-electron chi connectivity index (χ2n) is 20.7. The third-order valence-electron chi connectivity index (χ3n) is 9.31. The van der Waals surface area contributed by atoms with Crippen molar-refractivity contribution in [1.82, 2.24) is 16.1 Å².